The third kappa shape index (κ3) is 10.4. The minimum atomic E-state index is 0.219. The van der Waals surface area contributed by atoms with Gasteiger partial charge in [0.05, 0.1) is 25.6 Å². The van der Waals surface area contributed by atoms with Crippen molar-refractivity contribution >= 4 is 23.9 Å². The van der Waals surface area contributed by atoms with Crippen molar-refractivity contribution in [1.29, 1.82) is 0 Å². The maximum atomic E-state index is 12.6. The fourth-order valence-corrected chi connectivity index (χ4v) is 6.94. The minimum Gasteiger partial charge on any atom is -0.493 e. The third-order valence-corrected chi connectivity index (χ3v) is 9.65. The first-order chi connectivity index (χ1) is 23.7. The number of nitrogen functional groups attached to an aromatic ring is 1. The first-order valence-corrected chi connectivity index (χ1v) is 17.6. The largest absolute Gasteiger partial charge is 0.493 e. The molecule has 4 N–H and O–H groups in total. The Labute approximate surface area is 291 Å². The number of methoxy groups -OCH3 is 2. The number of hydrogen-bond acceptors (Lipinski definition) is 10. The zero-order valence-electron chi connectivity index (χ0n) is 30.1. The van der Waals surface area contributed by atoms with Crippen LogP contribution in [0.3, 0.4) is 0 Å². The van der Waals surface area contributed by atoms with E-state index in [1.54, 1.807) is 7.11 Å². The van der Waals surface area contributed by atoms with Crippen LogP contribution in [-0.2, 0) is 20.7 Å². The van der Waals surface area contributed by atoms with Crippen LogP contribution in [0.5, 0.6) is 5.75 Å². The summed E-state index contributed by atoms with van der Waals surface area (Å²) in [7, 11) is 2.93. The molecule has 1 aromatic carbocycles. The molecular formula is C37H56N8O4. The summed E-state index contributed by atoms with van der Waals surface area (Å²) < 4.78 is 11.2. The van der Waals surface area contributed by atoms with Crippen LogP contribution >= 0.6 is 0 Å². The van der Waals surface area contributed by atoms with Gasteiger partial charge in [-0.2, -0.15) is 5.10 Å². The highest BCUT2D eigenvalue weighted by Gasteiger charge is 2.27. The van der Waals surface area contributed by atoms with E-state index in [1.807, 2.05) is 24.0 Å². The first-order valence-electron chi connectivity index (χ1n) is 17.6. The molecule has 49 heavy (non-hydrogen) atoms. The van der Waals surface area contributed by atoms with E-state index in [0.717, 1.165) is 94.3 Å². The summed E-state index contributed by atoms with van der Waals surface area (Å²) in [4.78, 5) is 33.2. The monoisotopic (exact) mass is 676 g/mol. The Balaban J connectivity index is 0.00000128. The van der Waals surface area contributed by atoms with Gasteiger partial charge < -0.3 is 35.6 Å². The fraction of sp³-hybridized carbons (Fsp3) is 0.568. The number of carbonyl (C=O) groups excluding carboxylic acids is 2. The Bertz CT molecular complexity index is 1500. The standard InChI is InChI=1S/C35H52N8O2.C2H4O2/c1-5-28(24-40-14-12-27(23-40)8-9-30-10-11-33(45-4)35(37)38-30)29-20-31(22-32(21-29)43-26(3)19-25(2)39-43)41-15-17-42(18-16-41)34(44)7-6-13-36;1-4-2-3/h10-11,19-22,27-28H,5-9,12-18,23-24,36H2,1-4H3,(H2,37,38);2H,1H3. The topological polar surface area (TPSA) is 145 Å². The molecule has 0 spiro atoms. The molecule has 2 atom stereocenters. The second kappa shape index (κ2) is 18.6. The molecule has 5 rings (SSSR count). The van der Waals surface area contributed by atoms with Gasteiger partial charge in [-0.05, 0) is 113 Å². The van der Waals surface area contributed by atoms with Crippen molar-refractivity contribution in [3.05, 3.63) is 59.0 Å². The van der Waals surface area contributed by atoms with E-state index < -0.39 is 0 Å². The highest BCUT2D eigenvalue weighted by molar-refractivity contribution is 5.76. The number of piperazine rings is 1. The molecule has 0 saturated carbocycles. The second-order valence-electron chi connectivity index (χ2n) is 13.2. The quantitative estimate of drug-likeness (QED) is 0.240. The Kier molecular flexibility index (Phi) is 14.3. The van der Waals surface area contributed by atoms with Gasteiger partial charge in [-0.3, -0.25) is 9.59 Å². The number of pyridine rings is 1. The normalized spacial score (nSPS) is 17.0. The van der Waals surface area contributed by atoms with Gasteiger partial charge >= 0.3 is 0 Å². The highest BCUT2D eigenvalue weighted by Crippen LogP contribution is 2.32. The summed E-state index contributed by atoms with van der Waals surface area (Å²) in [6.45, 7) is 13.8. The number of benzene rings is 1. The number of rotatable bonds is 14. The lowest BCUT2D eigenvalue weighted by Gasteiger charge is -2.37. The second-order valence-corrected chi connectivity index (χ2v) is 13.2. The number of likely N-dealkylation sites (tertiary alicyclic amines) is 1. The Morgan fingerprint density at radius 2 is 1.80 bits per heavy atom. The van der Waals surface area contributed by atoms with Crippen LogP contribution in [0.2, 0.25) is 0 Å². The van der Waals surface area contributed by atoms with Crippen LogP contribution in [0.25, 0.3) is 5.69 Å². The van der Waals surface area contributed by atoms with Crippen molar-refractivity contribution in [3.63, 3.8) is 0 Å². The Morgan fingerprint density at radius 1 is 1.06 bits per heavy atom. The van der Waals surface area contributed by atoms with E-state index in [1.165, 1.54) is 24.8 Å². The van der Waals surface area contributed by atoms with E-state index in [0.29, 0.717) is 42.8 Å². The Hall–Kier alpha value is -4.16. The van der Waals surface area contributed by atoms with Crippen molar-refractivity contribution < 1.29 is 19.1 Å². The molecule has 1 amide bonds. The molecule has 2 aromatic heterocycles. The number of nitrogens with two attached hydrogens (primary N) is 2. The molecule has 2 unspecified atom stereocenters. The molecule has 12 nitrogen and oxygen atoms in total. The van der Waals surface area contributed by atoms with Crippen LogP contribution < -0.4 is 21.1 Å². The predicted molar refractivity (Wildman–Crippen MR) is 194 cm³/mol. The van der Waals surface area contributed by atoms with Gasteiger partial charge in [0, 0.05) is 62.8 Å². The average Bonchev–Trinajstić information content (AvgIpc) is 3.72. The molecule has 12 heteroatoms. The summed E-state index contributed by atoms with van der Waals surface area (Å²) in [5.74, 6) is 2.40. The third-order valence-electron chi connectivity index (χ3n) is 9.65. The van der Waals surface area contributed by atoms with Crippen LogP contribution in [0.4, 0.5) is 11.5 Å². The van der Waals surface area contributed by atoms with Gasteiger partial charge in [0.15, 0.2) is 11.6 Å². The number of anilines is 2. The molecule has 2 aliphatic rings. The lowest BCUT2D eigenvalue weighted by molar-refractivity contribution is -0.131. The minimum absolute atomic E-state index is 0.219. The molecule has 0 aliphatic carbocycles. The van der Waals surface area contributed by atoms with Gasteiger partial charge in [-0.1, -0.05) is 6.92 Å². The number of nitrogens with zero attached hydrogens (tertiary/aromatic N) is 6. The summed E-state index contributed by atoms with van der Waals surface area (Å²) in [6, 6.07) is 13.1. The number of amides is 1. The SMILES string of the molecule is CCC(CN1CCC(CCc2ccc(OC)c(N)n2)C1)c1cc(N2CCN(C(=O)CCCN)CC2)cc(-n2nc(C)cc2C)c1.COC=O. The van der Waals surface area contributed by atoms with Crippen LogP contribution in [0.15, 0.2) is 36.4 Å². The summed E-state index contributed by atoms with van der Waals surface area (Å²) >= 11 is 0. The average molecular weight is 677 g/mol. The van der Waals surface area contributed by atoms with Crippen molar-refractivity contribution in [2.75, 3.05) is 77.2 Å². The maximum Gasteiger partial charge on any atom is 0.292 e. The van der Waals surface area contributed by atoms with E-state index >= 15 is 0 Å². The number of hydrogen-bond donors (Lipinski definition) is 2. The predicted octanol–water partition coefficient (Wildman–Crippen LogP) is 4.10. The lowest BCUT2D eigenvalue weighted by atomic mass is 9.94. The highest BCUT2D eigenvalue weighted by atomic mass is 16.5. The molecule has 4 heterocycles. The number of ether oxygens (including phenoxy) is 2. The first kappa shape index (κ1) is 37.7. The molecule has 2 saturated heterocycles. The van der Waals surface area contributed by atoms with E-state index in [2.05, 4.69) is 62.3 Å². The van der Waals surface area contributed by atoms with Gasteiger partial charge in [-0.25, -0.2) is 9.67 Å². The molecule has 0 radical (unpaired) electrons. The van der Waals surface area contributed by atoms with Crippen molar-refractivity contribution in [3.8, 4) is 11.4 Å². The molecule has 0 bridgehead atoms. The van der Waals surface area contributed by atoms with Crippen molar-refractivity contribution in [2.24, 2.45) is 11.7 Å². The van der Waals surface area contributed by atoms with Gasteiger partial charge in [0.2, 0.25) is 5.91 Å². The van der Waals surface area contributed by atoms with E-state index in [9.17, 15) is 4.79 Å². The van der Waals surface area contributed by atoms with Crippen LogP contribution in [0, 0.1) is 19.8 Å². The molecule has 2 aliphatic heterocycles. The number of aryl methyl sites for hydroxylation is 3. The molecule has 2 fully saturated rings. The van der Waals surface area contributed by atoms with E-state index in [4.69, 9.17) is 26.1 Å². The zero-order chi connectivity index (χ0) is 35.3. The fourth-order valence-electron chi connectivity index (χ4n) is 6.94. The number of carbonyl (C=O) groups is 2. The zero-order valence-corrected chi connectivity index (χ0v) is 30.1. The smallest absolute Gasteiger partial charge is 0.292 e. The number of aromatic nitrogens is 3. The molecule has 3 aromatic rings. The van der Waals surface area contributed by atoms with Crippen LogP contribution in [-0.4, -0.2) is 104 Å². The van der Waals surface area contributed by atoms with Crippen molar-refractivity contribution in [1.82, 2.24) is 24.6 Å². The summed E-state index contributed by atoms with van der Waals surface area (Å²) in [6.07, 6.45) is 5.62. The molecular weight excluding hydrogens is 620 g/mol. The van der Waals surface area contributed by atoms with Gasteiger partial charge in [-0.15, -0.1) is 0 Å². The van der Waals surface area contributed by atoms with Crippen LogP contribution in [0.1, 0.15) is 67.6 Å². The Morgan fingerprint density at radius 3 is 2.41 bits per heavy atom. The van der Waals surface area contributed by atoms with Crippen molar-refractivity contribution in [2.45, 2.75) is 65.2 Å². The van der Waals surface area contributed by atoms with Gasteiger partial charge in [0.1, 0.15) is 0 Å². The lowest BCUT2D eigenvalue weighted by Crippen LogP contribution is -2.48. The van der Waals surface area contributed by atoms with Gasteiger partial charge in [0.25, 0.3) is 6.47 Å². The molecule has 268 valence electrons. The summed E-state index contributed by atoms with van der Waals surface area (Å²) in [5, 5.41) is 4.84. The summed E-state index contributed by atoms with van der Waals surface area (Å²) in [5.41, 5.74) is 18.6. The van der Waals surface area contributed by atoms with E-state index in [-0.39, 0.29) is 5.91 Å². The maximum absolute atomic E-state index is 12.6.